The molecule has 2 saturated heterocycles. The van der Waals surface area contributed by atoms with Crippen molar-refractivity contribution in [1.82, 2.24) is 4.57 Å². The van der Waals surface area contributed by atoms with Crippen LogP contribution in [0.5, 0.6) is 0 Å². The van der Waals surface area contributed by atoms with Crippen LogP contribution in [-0.2, 0) is 18.3 Å². The van der Waals surface area contributed by atoms with Gasteiger partial charge in [0.05, 0.1) is 36.8 Å². The molecule has 10 nitrogen and oxygen atoms in total. The molecular formula is C24H30F2N3O7P. The standard InChI is InChI=1S/C24H30F2N3O7P/c1-3-34-37(33,35-4-2)24-12-28(10-13(24)7-15(9-27)36-24)21-18(25)8-16-20(19(21)26)29(14-5-6-14)11-17(22(16)30)23(31)32/h8,11,13-15H,3-7,9-10,12,27H2,1-2H3,(H,31,32). The Morgan fingerprint density at radius 1 is 1.30 bits per heavy atom. The molecular weight excluding hydrogens is 511 g/mol. The van der Waals surface area contributed by atoms with E-state index < -0.39 is 59.2 Å². The molecule has 202 valence electrons. The molecule has 5 rings (SSSR count). The second-order valence-corrected chi connectivity index (χ2v) is 12.0. The van der Waals surface area contributed by atoms with Gasteiger partial charge in [-0.2, -0.15) is 0 Å². The summed E-state index contributed by atoms with van der Waals surface area (Å²) in [5.74, 6) is -3.92. The molecule has 0 radical (unpaired) electrons. The summed E-state index contributed by atoms with van der Waals surface area (Å²) in [7, 11) is -3.90. The van der Waals surface area contributed by atoms with Crippen LogP contribution in [0.3, 0.4) is 0 Å². The Morgan fingerprint density at radius 3 is 2.54 bits per heavy atom. The van der Waals surface area contributed by atoms with Gasteiger partial charge in [-0.05, 0) is 39.2 Å². The van der Waals surface area contributed by atoms with E-state index in [2.05, 4.69) is 0 Å². The van der Waals surface area contributed by atoms with Gasteiger partial charge in [-0.1, -0.05) is 0 Å². The molecule has 1 aromatic carbocycles. The van der Waals surface area contributed by atoms with E-state index in [1.165, 1.54) is 9.47 Å². The van der Waals surface area contributed by atoms with Crippen LogP contribution in [-0.4, -0.2) is 59.9 Å². The molecule has 1 aromatic heterocycles. The highest BCUT2D eigenvalue weighted by Crippen LogP contribution is 2.69. The van der Waals surface area contributed by atoms with Gasteiger partial charge in [0.25, 0.3) is 0 Å². The number of rotatable bonds is 9. The number of aromatic carboxylic acids is 1. The maximum Gasteiger partial charge on any atom is 0.364 e. The number of nitrogens with zero attached hydrogens (tertiary/aromatic N) is 2. The number of ether oxygens (including phenoxy) is 1. The molecule has 0 amide bonds. The first-order valence-electron chi connectivity index (χ1n) is 12.4. The van der Waals surface area contributed by atoms with E-state index in [0.29, 0.717) is 19.3 Å². The Morgan fingerprint density at radius 2 is 1.97 bits per heavy atom. The minimum absolute atomic E-state index is 0.0840. The van der Waals surface area contributed by atoms with E-state index in [1.807, 2.05) is 0 Å². The fraction of sp³-hybridized carbons (Fsp3) is 0.583. The Balaban J connectivity index is 1.65. The second kappa shape index (κ2) is 9.43. The van der Waals surface area contributed by atoms with E-state index >= 15 is 8.78 Å². The summed E-state index contributed by atoms with van der Waals surface area (Å²) in [5, 5.41) is 7.65. The van der Waals surface area contributed by atoms with Crippen molar-refractivity contribution >= 4 is 30.2 Å². The third kappa shape index (κ3) is 4.01. The Bertz CT molecular complexity index is 1350. The van der Waals surface area contributed by atoms with Gasteiger partial charge in [0, 0.05) is 31.2 Å². The number of anilines is 1. The SMILES string of the molecule is CCOP(=O)(OCC)C12CN(c3c(F)cc4c(=O)c(C(=O)O)cn(C5CC5)c4c3F)CC1CC(CN)O2. The highest BCUT2D eigenvalue weighted by atomic mass is 31.2. The number of benzene rings is 1. The molecule has 0 bridgehead atoms. The number of fused-ring (bicyclic) bond motifs is 2. The van der Waals surface area contributed by atoms with E-state index in [1.54, 1.807) is 13.8 Å². The van der Waals surface area contributed by atoms with Crippen LogP contribution in [0, 0.1) is 17.6 Å². The summed E-state index contributed by atoms with van der Waals surface area (Å²) in [4.78, 5) is 25.9. The molecule has 3 unspecified atom stereocenters. The second-order valence-electron chi connectivity index (χ2n) is 9.70. The van der Waals surface area contributed by atoms with Crippen LogP contribution in [0.4, 0.5) is 14.5 Å². The monoisotopic (exact) mass is 541 g/mol. The summed E-state index contributed by atoms with van der Waals surface area (Å²) in [6.45, 7) is 3.61. The fourth-order valence-corrected chi connectivity index (χ4v) is 8.17. The minimum Gasteiger partial charge on any atom is -0.477 e. The molecule has 3 heterocycles. The zero-order chi connectivity index (χ0) is 26.7. The van der Waals surface area contributed by atoms with Gasteiger partial charge in [0.15, 0.2) is 11.2 Å². The summed E-state index contributed by atoms with van der Waals surface area (Å²) in [6.07, 6.45) is 2.48. The van der Waals surface area contributed by atoms with Gasteiger partial charge in [0.1, 0.15) is 17.1 Å². The van der Waals surface area contributed by atoms with Gasteiger partial charge in [-0.3, -0.25) is 9.36 Å². The third-order valence-electron chi connectivity index (χ3n) is 7.41. The van der Waals surface area contributed by atoms with Gasteiger partial charge in [-0.25, -0.2) is 13.6 Å². The molecule has 37 heavy (non-hydrogen) atoms. The number of carboxylic acid groups (broad SMARTS) is 1. The molecule has 3 atom stereocenters. The van der Waals surface area contributed by atoms with Crippen molar-refractivity contribution in [2.45, 2.75) is 50.6 Å². The van der Waals surface area contributed by atoms with E-state index in [4.69, 9.17) is 19.5 Å². The molecule has 3 N–H and O–H groups in total. The normalized spacial score (nSPS) is 25.7. The molecule has 0 spiro atoms. The van der Waals surface area contributed by atoms with Crippen LogP contribution >= 0.6 is 7.60 Å². The zero-order valence-electron chi connectivity index (χ0n) is 20.6. The van der Waals surface area contributed by atoms with Crippen molar-refractivity contribution in [2.75, 3.05) is 37.7 Å². The highest BCUT2D eigenvalue weighted by molar-refractivity contribution is 7.55. The maximum absolute atomic E-state index is 16.2. The van der Waals surface area contributed by atoms with Crippen LogP contribution in [0.15, 0.2) is 17.1 Å². The lowest BCUT2D eigenvalue weighted by Gasteiger charge is -2.35. The number of aromatic nitrogens is 1. The maximum atomic E-state index is 16.2. The number of halogens is 2. The fourth-order valence-electron chi connectivity index (χ4n) is 5.72. The quantitative estimate of drug-likeness (QED) is 0.458. The predicted molar refractivity (Wildman–Crippen MR) is 131 cm³/mol. The summed E-state index contributed by atoms with van der Waals surface area (Å²) in [5.41, 5.74) is 3.79. The Hall–Kier alpha value is -2.37. The topological polar surface area (TPSA) is 133 Å². The van der Waals surface area contributed by atoms with Crippen molar-refractivity contribution < 1.29 is 37.0 Å². The average Bonchev–Trinajstić information content (AvgIpc) is 3.52. The number of carbonyl (C=O) groups is 1. The van der Waals surface area contributed by atoms with Crippen molar-refractivity contribution in [3.63, 3.8) is 0 Å². The zero-order valence-corrected chi connectivity index (χ0v) is 21.5. The summed E-state index contributed by atoms with van der Waals surface area (Å²) in [6, 6.07) is 0.694. The van der Waals surface area contributed by atoms with Crippen molar-refractivity contribution in [2.24, 2.45) is 11.7 Å². The average molecular weight is 541 g/mol. The smallest absolute Gasteiger partial charge is 0.364 e. The lowest BCUT2D eigenvalue weighted by Crippen LogP contribution is -2.40. The number of nitrogens with two attached hydrogens (primary N) is 1. The largest absolute Gasteiger partial charge is 0.477 e. The van der Waals surface area contributed by atoms with Crippen molar-refractivity contribution in [3.8, 4) is 0 Å². The number of carboxylic acids is 1. The van der Waals surface area contributed by atoms with Crippen LogP contribution in [0.1, 0.15) is 49.5 Å². The molecule has 2 aliphatic heterocycles. The Kier molecular flexibility index (Phi) is 6.69. The number of hydrogen-bond acceptors (Lipinski definition) is 8. The molecule has 3 fully saturated rings. The van der Waals surface area contributed by atoms with Gasteiger partial charge < -0.3 is 34.1 Å². The first-order chi connectivity index (χ1) is 17.6. The summed E-state index contributed by atoms with van der Waals surface area (Å²) >= 11 is 0. The van der Waals surface area contributed by atoms with E-state index in [-0.39, 0.29) is 49.8 Å². The van der Waals surface area contributed by atoms with Gasteiger partial charge in [0.2, 0.25) is 5.43 Å². The molecule has 3 aliphatic rings. The van der Waals surface area contributed by atoms with Gasteiger partial charge in [-0.15, -0.1) is 0 Å². The van der Waals surface area contributed by atoms with E-state index in [0.717, 1.165) is 12.3 Å². The first kappa shape index (κ1) is 26.2. The van der Waals surface area contributed by atoms with Crippen molar-refractivity contribution in [1.29, 1.82) is 0 Å². The molecule has 13 heteroatoms. The predicted octanol–water partition coefficient (Wildman–Crippen LogP) is 3.46. The van der Waals surface area contributed by atoms with Crippen molar-refractivity contribution in [3.05, 3.63) is 39.7 Å². The van der Waals surface area contributed by atoms with Crippen LogP contribution < -0.4 is 16.1 Å². The molecule has 2 aromatic rings. The minimum atomic E-state index is -3.90. The molecule has 1 saturated carbocycles. The number of hydrogen-bond donors (Lipinski definition) is 2. The van der Waals surface area contributed by atoms with Crippen LogP contribution in [0.25, 0.3) is 10.9 Å². The van der Waals surface area contributed by atoms with E-state index in [9.17, 15) is 19.3 Å². The highest BCUT2D eigenvalue weighted by Gasteiger charge is 2.66. The summed E-state index contributed by atoms with van der Waals surface area (Å²) < 4.78 is 64.6. The molecule has 1 aliphatic carbocycles. The lowest BCUT2D eigenvalue weighted by molar-refractivity contribution is -0.00343. The lowest BCUT2D eigenvalue weighted by atomic mass is 10.0. The third-order valence-corrected chi connectivity index (χ3v) is 10.1. The van der Waals surface area contributed by atoms with Crippen LogP contribution in [0.2, 0.25) is 0 Å². The van der Waals surface area contributed by atoms with Gasteiger partial charge >= 0.3 is 13.6 Å². The first-order valence-corrected chi connectivity index (χ1v) is 14.0. The number of pyridine rings is 1. The Labute approximate surface area is 211 Å².